The number of nitrogens with zero attached hydrogens (tertiary/aromatic N) is 4. The van der Waals surface area contributed by atoms with E-state index in [0.29, 0.717) is 54.0 Å². The minimum atomic E-state index is -0.409. The van der Waals surface area contributed by atoms with Crippen molar-refractivity contribution >= 4 is 44.8 Å². The lowest BCUT2D eigenvalue weighted by Gasteiger charge is -2.28. The third-order valence-corrected chi connectivity index (χ3v) is 15.9. The first-order chi connectivity index (χ1) is 36.8. The van der Waals surface area contributed by atoms with E-state index in [9.17, 15) is 19.8 Å². The van der Waals surface area contributed by atoms with E-state index in [0.717, 1.165) is 55.6 Å². The van der Waals surface area contributed by atoms with Crippen molar-refractivity contribution in [3.8, 4) is 44.1 Å². The maximum Gasteiger partial charge on any atom is 0.264 e. The van der Waals surface area contributed by atoms with Gasteiger partial charge in [-0.15, -0.1) is 20.4 Å². The summed E-state index contributed by atoms with van der Waals surface area (Å²) in [5.74, 6) is 0.426. The van der Waals surface area contributed by atoms with Gasteiger partial charge in [0.1, 0.15) is 33.0 Å². The van der Waals surface area contributed by atoms with Gasteiger partial charge in [0.2, 0.25) is 10.3 Å². The molecule has 0 saturated heterocycles. The first-order valence-corrected chi connectivity index (χ1v) is 28.1. The van der Waals surface area contributed by atoms with Gasteiger partial charge in [-0.1, -0.05) is 215 Å². The van der Waals surface area contributed by atoms with Crippen LogP contribution in [0.3, 0.4) is 0 Å². The van der Waals surface area contributed by atoms with Gasteiger partial charge in [-0.05, 0) is 88.4 Å². The van der Waals surface area contributed by atoms with Gasteiger partial charge in [0.25, 0.3) is 11.8 Å². The van der Waals surface area contributed by atoms with Crippen molar-refractivity contribution in [2.45, 2.75) is 130 Å². The van der Waals surface area contributed by atoms with Crippen molar-refractivity contribution in [3.63, 3.8) is 0 Å². The summed E-state index contributed by atoms with van der Waals surface area (Å²) in [7, 11) is 0. The second-order valence-electron chi connectivity index (χ2n) is 24.5. The number of anilines is 2. The van der Waals surface area contributed by atoms with Crippen LogP contribution in [0.2, 0.25) is 0 Å². The molecule has 1 aliphatic rings. The highest BCUT2D eigenvalue weighted by atomic mass is 32.1. The number of rotatable bonds is 10. The molecule has 0 aliphatic heterocycles. The minimum Gasteiger partial charge on any atom is -0.507 e. The van der Waals surface area contributed by atoms with Gasteiger partial charge in [-0.25, -0.2) is 0 Å². The Hall–Kier alpha value is -7.42. The number of fused-ring (bicyclic) bond motifs is 8. The summed E-state index contributed by atoms with van der Waals surface area (Å²) in [4.78, 5) is 27.8. The van der Waals surface area contributed by atoms with Gasteiger partial charge in [-0.2, -0.15) is 0 Å². The highest BCUT2D eigenvalue weighted by Gasteiger charge is 2.29. The molecule has 2 amide bonds. The topological polar surface area (TPSA) is 169 Å². The van der Waals surface area contributed by atoms with Crippen LogP contribution >= 0.6 is 22.7 Å². The number of amides is 2. The predicted octanol–water partition coefficient (Wildman–Crippen LogP) is 14.0. The van der Waals surface area contributed by atoms with Crippen molar-refractivity contribution < 1.29 is 29.3 Å². The normalized spacial score (nSPS) is 13.0. The van der Waals surface area contributed by atoms with Crippen LogP contribution in [0.25, 0.3) is 21.1 Å². The molecule has 404 valence electrons. The summed E-state index contributed by atoms with van der Waals surface area (Å²) in [6, 6.07) is 36.1. The standard InChI is InChI=1S/C64H70N6O6S2/c1-61(2,3)47-27-39-23-43-31-49(63(7,8)9)33-45(55(43)75-35-51(71)65-59-69-67-57(77-59)37-19-15-13-16-20-37)25-41-29-48(62(4,5)6)30-42(54(41)74)26-46-34-50(64(10,11)12)32-44(24-40(28-47)53(39)73)56(46)76-36-52(72)66-60-70-68-58(78-60)38-21-17-14-18-22-38/h13-22,27-34,73-74H,23-26,35-36H2,1-12H3,(H,65,69,71)(H,66,70,72). The quantitative estimate of drug-likeness (QED) is 0.103. The van der Waals surface area contributed by atoms with Crippen molar-refractivity contribution in [3.05, 3.63) is 176 Å². The van der Waals surface area contributed by atoms with Crippen LogP contribution in [0, 0.1) is 0 Å². The summed E-state index contributed by atoms with van der Waals surface area (Å²) in [6.07, 6.45) is 1.00. The molecule has 8 aromatic rings. The average Bonchev–Trinajstić information content (AvgIpc) is 4.04. The molecule has 4 N–H and O–H groups in total. The van der Waals surface area contributed by atoms with Crippen molar-refractivity contribution in [1.29, 1.82) is 0 Å². The van der Waals surface area contributed by atoms with Crippen LogP contribution in [-0.4, -0.2) is 55.6 Å². The SMILES string of the molecule is CC(C)(C)c1cc2c(O)c(c1)Cc1cc(C(C)(C)C)cc(c1OCC(=O)Nc1nnc(-c3ccccc3)s1)Cc1cc(C(C)(C)C)cc(c1O)Cc1cc(C(C)(C)C)cc(c1OCC(=O)Nc1nnc(-c3ccccc3)s1)C2. The number of phenolic OH excluding ortho intramolecular Hbond substituents is 2. The fourth-order valence-corrected chi connectivity index (χ4v) is 11.1. The van der Waals surface area contributed by atoms with Crippen LogP contribution in [0.4, 0.5) is 10.3 Å². The Morgan fingerprint density at radius 1 is 0.436 bits per heavy atom. The van der Waals surface area contributed by atoms with Crippen molar-refractivity contribution in [1.82, 2.24) is 20.4 Å². The Balaban J connectivity index is 1.19. The van der Waals surface area contributed by atoms with Gasteiger partial charge in [0.15, 0.2) is 13.2 Å². The van der Waals surface area contributed by atoms with Gasteiger partial charge >= 0.3 is 0 Å². The van der Waals surface area contributed by atoms with E-state index in [-0.39, 0.29) is 72.1 Å². The zero-order valence-corrected chi connectivity index (χ0v) is 48.4. The number of carbonyl (C=O) groups excluding carboxylic acids is 2. The van der Waals surface area contributed by atoms with Crippen molar-refractivity contribution in [2.24, 2.45) is 0 Å². The lowest BCUT2D eigenvalue weighted by Crippen LogP contribution is -2.22. The molecule has 0 radical (unpaired) electrons. The smallest absolute Gasteiger partial charge is 0.264 e. The Morgan fingerprint density at radius 3 is 0.974 bits per heavy atom. The molecule has 2 heterocycles. The minimum absolute atomic E-state index is 0.126. The van der Waals surface area contributed by atoms with E-state index in [1.807, 2.05) is 60.7 Å². The summed E-state index contributed by atoms with van der Waals surface area (Å²) in [5.41, 5.74) is 10.4. The van der Waals surface area contributed by atoms with Crippen molar-refractivity contribution in [2.75, 3.05) is 23.8 Å². The number of nitrogens with one attached hydrogen (secondary N) is 2. The first-order valence-electron chi connectivity index (χ1n) is 26.4. The average molecular weight is 1080 g/mol. The number of benzene rings is 6. The maximum absolute atomic E-state index is 13.9. The van der Waals surface area contributed by atoms with E-state index >= 15 is 0 Å². The van der Waals surface area contributed by atoms with Crippen LogP contribution in [0.5, 0.6) is 23.0 Å². The molecule has 6 aromatic carbocycles. The fraction of sp³-hybridized carbons (Fsp3) is 0.344. The van der Waals surface area contributed by atoms with E-state index in [1.165, 1.54) is 22.7 Å². The Labute approximate surface area is 466 Å². The summed E-state index contributed by atoms with van der Waals surface area (Å²) in [6.45, 7) is 25.2. The number of ether oxygens (including phenoxy) is 2. The third kappa shape index (κ3) is 12.8. The Kier molecular flexibility index (Phi) is 15.5. The summed E-state index contributed by atoms with van der Waals surface area (Å²) >= 11 is 2.56. The molecule has 14 heteroatoms. The molecule has 9 rings (SSSR count). The van der Waals surface area contributed by atoms with Gasteiger partial charge in [0, 0.05) is 36.8 Å². The zero-order chi connectivity index (χ0) is 55.9. The lowest BCUT2D eigenvalue weighted by molar-refractivity contribution is -0.118. The largest absolute Gasteiger partial charge is 0.507 e. The van der Waals surface area contributed by atoms with Crippen LogP contribution in [-0.2, 0) is 56.9 Å². The number of phenols is 2. The van der Waals surface area contributed by atoms with Crippen LogP contribution in [0.1, 0.15) is 150 Å². The van der Waals surface area contributed by atoms with Gasteiger partial charge < -0.3 is 19.7 Å². The molecular formula is C64H70N6O6S2. The molecule has 2 aromatic heterocycles. The summed E-state index contributed by atoms with van der Waals surface area (Å²) < 4.78 is 13.5. The molecule has 0 fully saturated rings. The number of aromatic nitrogens is 4. The lowest BCUT2D eigenvalue weighted by atomic mass is 9.79. The van der Waals surface area contributed by atoms with Crippen LogP contribution in [0.15, 0.2) is 109 Å². The highest BCUT2D eigenvalue weighted by molar-refractivity contribution is 7.19. The monoisotopic (exact) mass is 1080 g/mol. The van der Waals surface area contributed by atoms with Crippen LogP contribution < -0.4 is 20.1 Å². The molecule has 78 heavy (non-hydrogen) atoms. The fourth-order valence-electron chi connectivity index (χ4n) is 9.55. The van der Waals surface area contributed by atoms with E-state index in [2.05, 4.69) is 163 Å². The maximum atomic E-state index is 13.9. The number of carbonyl (C=O) groups is 2. The molecular weight excluding hydrogens is 1010 g/mol. The molecule has 12 nitrogen and oxygen atoms in total. The number of hydrogen-bond donors (Lipinski definition) is 4. The van der Waals surface area contributed by atoms with E-state index in [4.69, 9.17) is 9.47 Å². The van der Waals surface area contributed by atoms with Gasteiger partial charge in [0.05, 0.1) is 0 Å². The second-order valence-corrected chi connectivity index (χ2v) is 26.4. The first kappa shape index (κ1) is 55.3. The zero-order valence-electron chi connectivity index (χ0n) is 46.8. The molecule has 8 bridgehead atoms. The molecule has 0 saturated carbocycles. The predicted molar refractivity (Wildman–Crippen MR) is 314 cm³/mol. The molecule has 0 unspecified atom stereocenters. The second kappa shape index (κ2) is 21.8. The van der Waals surface area contributed by atoms with Gasteiger partial charge in [-0.3, -0.25) is 20.2 Å². The Bertz CT molecular complexity index is 3190. The number of aromatic hydroxyl groups is 2. The molecule has 1 aliphatic carbocycles. The summed E-state index contributed by atoms with van der Waals surface area (Å²) in [5, 5.41) is 50.6. The highest BCUT2D eigenvalue weighted by Crippen LogP contribution is 2.44. The van der Waals surface area contributed by atoms with E-state index < -0.39 is 11.8 Å². The molecule has 0 atom stereocenters. The van der Waals surface area contributed by atoms with E-state index in [1.54, 1.807) is 0 Å². The molecule has 0 spiro atoms. The Morgan fingerprint density at radius 2 is 0.705 bits per heavy atom. The number of hydrogen-bond acceptors (Lipinski definition) is 12. The third-order valence-electron chi connectivity index (χ3n) is 14.1.